The van der Waals surface area contributed by atoms with Crippen molar-refractivity contribution in [1.82, 2.24) is 8.43 Å². The monoisotopic (exact) mass is 406 g/mol. The van der Waals surface area contributed by atoms with Crippen LogP contribution in [0.25, 0.3) is 0 Å². The van der Waals surface area contributed by atoms with Crippen molar-refractivity contribution in [2.45, 2.75) is 6.32 Å². The maximum atomic E-state index is 11.2. The van der Waals surface area contributed by atoms with Crippen LogP contribution in [0.2, 0.25) is 6.32 Å². The zero-order chi connectivity index (χ0) is 10.3. The van der Waals surface area contributed by atoms with Crippen LogP contribution in [0.4, 0.5) is 0 Å². The Bertz CT molecular complexity index is 191. The Morgan fingerprint density at radius 3 is 2.46 bits per heavy atom. The quantitative estimate of drug-likeness (QED) is 0.299. The van der Waals surface area contributed by atoms with Gasteiger partial charge in [0, 0.05) is 58.5 Å². The van der Waals surface area contributed by atoms with Gasteiger partial charge in [0.15, 0.2) is 0 Å². The van der Waals surface area contributed by atoms with Crippen molar-refractivity contribution >= 4 is 63.0 Å². The molecule has 0 saturated carbocycles. The fourth-order valence-electron chi connectivity index (χ4n) is 0.748. The largest absolute Gasteiger partial charge is 0.334 e. The van der Waals surface area contributed by atoms with Crippen LogP contribution >= 0.6 is 45.5 Å². The number of rotatable bonds is 6. The highest BCUT2D eigenvalue weighted by Gasteiger charge is 2.12. The molecule has 0 spiro atoms. The molecule has 4 nitrogen and oxygen atoms in total. The van der Waals surface area contributed by atoms with Crippen molar-refractivity contribution in [2.24, 2.45) is 0 Å². The SMILES string of the molecule is [B]CC(=O)N(CCNI)CC(=O)I. The van der Waals surface area contributed by atoms with Crippen molar-refractivity contribution in [3.63, 3.8) is 0 Å². The molecule has 0 fully saturated rings. The highest BCUT2D eigenvalue weighted by atomic mass is 127. The fourth-order valence-corrected chi connectivity index (χ4v) is 1.40. The summed E-state index contributed by atoms with van der Waals surface area (Å²) in [6.07, 6.45) is -0.0504. The lowest BCUT2D eigenvalue weighted by molar-refractivity contribution is -0.131. The summed E-state index contributed by atoms with van der Waals surface area (Å²) in [7, 11) is 5.19. The summed E-state index contributed by atoms with van der Waals surface area (Å²) >= 11 is 3.65. The molecular weight excluding hydrogens is 397 g/mol. The van der Waals surface area contributed by atoms with Gasteiger partial charge in [0.2, 0.25) is 9.70 Å². The van der Waals surface area contributed by atoms with E-state index in [1.54, 1.807) is 22.6 Å². The number of nitrogens with zero attached hydrogens (tertiary/aromatic N) is 1. The van der Waals surface area contributed by atoms with Crippen LogP contribution < -0.4 is 3.53 Å². The first kappa shape index (κ1) is 13.6. The first-order valence-electron chi connectivity index (χ1n) is 3.61. The number of carbonyl (C=O) groups is 2. The molecular formula is C6H9BI2N2O2. The molecule has 0 saturated heterocycles. The van der Waals surface area contributed by atoms with Crippen LogP contribution in [-0.2, 0) is 9.59 Å². The van der Waals surface area contributed by atoms with E-state index in [1.165, 1.54) is 4.90 Å². The van der Waals surface area contributed by atoms with E-state index in [4.69, 9.17) is 7.85 Å². The van der Waals surface area contributed by atoms with Crippen LogP contribution in [0.15, 0.2) is 0 Å². The number of carbonyl (C=O) groups excluding carboxylic acids is 2. The number of halogens is 2. The lowest BCUT2D eigenvalue weighted by Gasteiger charge is -2.19. The zero-order valence-electron chi connectivity index (χ0n) is 6.93. The smallest absolute Gasteiger partial charge is 0.214 e. The Morgan fingerprint density at radius 2 is 2.08 bits per heavy atom. The van der Waals surface area contributed by atoms with Gasteiger partial charge in [-0.2, -0.15) is 0 Å². The minimum Gasteiger partial charge on any atom is -0.334 e. The van der Waals surface area contributed by atoms with Crippen molar-refractivity contribution in [2.75, 3.05) is 19.6 Å². The third-order valence-corrected chi connectivity index (χ3v) is 2.20. The van der Waals surface area contributed by atoms with Crippen molar-refractivity contribution in [3.8, 4) is 0 Å². The second-order valence-corrected chi connectivity index (χ2v) is 4.22. The molecule has 0 rings (SSSR count). The van der Waals surface area contributed by atoms with Gasteiger partial charge in [-0.3, -0.25) is 13.1 Å². The number of nitrogens with one attached hydrogen (secondary N) is 1. The molecule has 7 heteroatoms. The fraction of sp³-hybridized carbons (Fsp3) is 0.667. The van der Waals surface area contributed by atoms with Gasteiger partial charge in [0.25, 0.3) is 0 Å². The van der Waals surface area contributed by atoms with Crippen LogP contribution in [0.1, 0.15) is 0 Å². The third kappa shape index (κ3) is 6.66. The lowest BCUT2D eigenvalue weighted by Crippen LogP contribution is -2.37. The predicted molar refractivity (Wildman–Crippen MR) is 68.2 cm³/mol. The minimum absolute atomic E-state index is 0.0504. The maximum Gasteiger partial charge on any atom is 0.214 e. The second-order valence-electron chi connectivity index (χ2n) is 2.26. The average Bonchev–Trinajstić information content (AvgIpc) is 2.10. The lowest BCUT2D eigenvalue weighted by atomic mass is 10.0. The Balaban J connectivity index is 4.02. The summed E-state index contributed by atoms with van der Waals surface area (Å²) < 4.78 is 2.81. The number of hydrogen-bond donors (Lipinski definition) is 1. The molecule has 0 unspecified atom stereocenters. The van der Waals surface area contributed by atoms with Gasteiger partial charge in [-0.1, -0.05) is 0 Å². The zero-order valence-corrected chi connectivity index (χ0v) is 11.2. The van der Waals surface area contributed by atoms with Gasteiger partial charge < -0.3 is 4.90 Å². The van der Waals surface area contributed by atoms with Gasteiger partial charge in [-0.15, -0.1) is 0 Å². The van der Waals surface area contributed by atoms with Crippen molar-refractivity contribution < 1.29 is 9.59 Å². The summed E-state index contributed by atoms with van der Waals surface area (Å²) in [5.41, 5.74) is 0. The molecule has 0 aliphatic heterocycles. The van der Waals surface area contributed by atoms with E-state index in [1.807, 2.05) is 22.9 Å². The highest BCUT2D eigenvalue weighted by Crippen LogP contribution is 1.97. The van der Waals surface area contributed by atoms with Crippen LogP contribution in [0.3, 0.4) is 0 Å². The van der Waals surface area contributed by atoms with Gasteiger partial charge in [0.05, 0.1) is 14.4 Å². The van der Waals surface area contributed by atoms with Crippen LogP contribution in [-0.4, -0.2) is 42.1 Å². The molecule has 0 aliphatic rings. The van der Waals surface area contributed by atoms with Gasteiger partial charge in [-0.25, -0.2) is 0 Å². The summed E-state index contributed by atoms with van der Waals surface area (Å²) in [6, 6.07) is 0. The molecule has 0 heterocycles. The molecule has 0 aliphatic carbocycles. The predicted octanol–water partition coefficient (Wildman–Crippen LogP) is 0.303. The van der Waals surface area contributed by atoms with E-state index < -0.39 is 0 Å². The molecule has 0 atom stereocenters. The van der Waals surface area contributed by atoms with Gasteiger partial charge >= 0.3 is 0 Å². The number of amides is 1. The first-order chi connectivity index (χ1) is 6.11. The summed E-state index contributed by atoms with van der Waals surface area (Å²) in [6.45, 7) is 1.29. The molecule has 13 heavy (non-hydrogen) atoms. The second kappa shape index (κ2) is 7.98. The van der Waals surface area contributed by atoms with Crippen molar-refractivity contribution in [3.05, 3.63) is 0 Å². The van der Waals surface area contributed by atoms with Crippen LogP contribution in [0.5, 0.6) is 0 Å². The minimum atomic E-state index is -0.198. The Hall–Kier alpha value is 0.625. The molecule has 0 aromatic heterocycles. The highest BCUT2D eigenvalue weighted by molar-refractivity contribution is 14.1. The average molecular weight is 406 g/mol. The molecule has 1 amide bonds. The van der Waals surface area contributed by atoms with E-state index in [9.17, 15) is 9.59 Å². The Kier molecular flexibility index (Phi) is 8.36. The summed E-state index contributed by atoms with van der Waals surface area (Å²) in [5, 5.41) is 0. The standard InChI is InChI=1S/C6H9BI2N2O2/c7-3-6(13)11(2-1-10-9)4-5(8)12/h10H,1-4H2. The molecule has 0 bridgehead atoms. The molecule has 2 radical (unpaired) electrons. The van der Waals surface area contributed by atoms with E-state index in [-0.39, 0.29) is 22.6 Å². The molecule has 1 N–H and O–H groups in total. The molecule has 0 aromatic rings. The number of hydrogen-bond acceptors (Lipinski definition) is 3. The third-order valence-electron chi connectivity index (χ3n) is 1.32. The Morgan fingerprint density at radius 1 is 1.46 bits per heavy atom. The maximum absolute atomic E-state index is 11.2. The van der Waals surface area contributed by atoms with E-state index in [0.29, 0.717) is 13.1 Å². The molecule has 0 aromatic carbocycles. The van der Waals surface area contributed by atoms with Crippen LogP contribution in [0, 0.1) is 0 Å². The Labute approximate surface area is 106 Å². The van der Waals surface area contributed by atoms with E-state index >= 15 is 0 Å². The van der Waals surface area contributed by atoms with E-state index in [2.05, 4.69) is 3.53 Å². The van der Waals surface area contributed by atoms with E-state index in [0.717, 1.165) is 0 Å². The molecule has 72 valence electrons. The van der Waals surface area contributed by atoms with Gasteiger partial charge in [-0.05, 0) is 6.32 Å². The summed E-state index contributed by atoms with van der Waals surface area (Å²) in [5.74, 6) is -0.198. The van der Waals surface area contributed by atoms with Gasteiger partial charge in [0.1, 0.15) is 0 Å². The normalized spacial score (nSPS) is 9.69. The summed E-state index contributed by atoms with van der Waals surface area (Å²) in [4.78, 5) is 23.4. The topological polar surface area (TPSA) is 49.4 Å². The van der Waals surface area contributed by atoms with Crippen molar-refractivity contribution in [1.29, 1.82) is 0 Å². The first-order valence-corrected chi connectivity index (χ1v) is 5.77.